The summed E-state index contributed by atoms with van der Waals surface area (Å²) in [6.07, 6.45) is 1.65. The summed E-state index contributed by atoms with van der Waals surface area (Å²) in [6, 6.07) is 13.5. The van der Waals surface area contributed by atoms with Gasteiger partial charge < -0.3 is 4.90 Å². The van der Waals surface area contributed by atoms with Crippen molar-refractivity contribution in [3.8, 4) is 6.07 Å². The van der Waals surface area contributed by atoms with Crippen LogP contribution in [-0.2, 0) is 0 Å². The maximum absolute atomic E-state index is 12.2. The van der Waals surface area contributed by atoms with Crippen molar-refractivity contribution in [1.82, 2.24) is 0 Å². The second-order valence-electron chi connectivity index (χ2n) is 4.74. The molecule has 0 radical (unpaired) electrons. The number of rotatable bonds is 6. The van der Waals surface area contributed by atoms with Gasteiger partial charge in [0.25, 0.3) is 0 Å². The molecule has 0 unspecified atom stereocenters. The smallest absolute Gasteiger partial charge is 0.213 e. The standard InChI is InChI=1S/C18H18N2OS/c1-3-20(4-2)16-9-7-14(8-10-16)12-15(13-19)18(21)17-6-5-11-22-17/h5-12H,3-4H2,1-2H3/b15-12+. The molecule has 2 rings (SSSR count). The van der Waals surface area contributed by atoms with Crippen LogP contribution in [-0.4, -0.2) is 18.9 Å². The number of carbonyl (C=O) groups is 1. The molecule has 22 heavy (non-hydrogen) atoms. The SMILES string of the molecule is CCN(CC)c1ccc(/C=C(\C#N)C(=O)c2cccs2)cc1. The zero-order valence-corrected chi connectivity index (χ0v) is 13.6. The van der Waals surface area contributed by atoms with E-state index < -0.39 is 0 Å². The Morgan fingerprint density at radius 3 is 2.41 bits per heavy atom. The minimum atomic E-state index is -0.217. The van der Waals surface area contributed by atoms with Crippen LogP contribution in [0.4, 0.5) is 5.69 Å². The molecule has 3 nitrogen and oxygen atoms in total. The number of thiophene rings is 1. The fourth-order valence-electron chi connectivity index (χ4n) is 2.23. The molecular weight excluding hydrogens is 292 g/mol. The van der Waals surface area contributed by atoms with Gasteiger partial charge in [-0.05, 0) is 49.1 Å². The fourth-order valence-corrected chi connectivity index (χ4v) is 2.90. The van der Waals surface area contributed by atoms with E-state index in [1.165, 1.54) is 11.3 Å². The average Bonchev–Trinajstić information content (AvgIpc) is 3.09. The molecule has 0 aliphatic rings. The summed E-state index contributed by atoms with van der Waals surface area (Å²) < 4.78 is 0. The van der Waals surface area contributed by atoms with Gasteiger partial charge in [0.2, 0.25) is 5.78 Å². The van der Waals surface area contributed by atoms with Crippen molar-refractivity contribution in [2.45, 2.75) is 13.8 Å². The molecule has 112 valence electrons. The molecule has 0 fully saturated rings. The Morgan fingerprint density at radius 1 is 1.23 bits per heavy atom. The normalized spacial score (nSPS) is 11.0. The Morgan fingerprint density at radius 2 is 1.91 bits per heavy atom. The van der Waals surface area contributed by atoms with E-state index in [0.717, 1.165) is 24.3 Å². The summed E-state index contributed by atoms with van der Waals surface area (Å²) in [7, 11) is 0. The molecule has 0 bridgehead atoms. The molecule has 0 aliphatic heterocycles. The van der Waals surface area contributed by atoms with Crippen LogP contribution in [0.2, 0.25) is 0 Å². The Kier molecular flexibility index (Phi) is 5.51. The predicted molar refractivity (Wildman–Crippen MR) is 92.2 cm³/mol. The number of hydrogen-bond acceptors (Lipinski definition) is 4. The van der Waals surface area contributed by atoms with Gasteiger partial charge in [-0.1, -0.05) is 18.2 Å². The average molecular weight is 310 g/mol. The molecule has 4 heteroatoms. The van der Waals surface area contributed by atoms with Gasteiger partial charge in [-0.3, -0.25) is 4.79 Å². The highest BCUT2D eigenvalue weighted by Gasteiger charge is 2.12. The van der Waals surface area contributed by atoms with E-state index in [1.807, 2.05) is 41.8 Å². The number of Topliss-reactive ketones (excluding diaryl/α,β-unsaturated/α-hetero) is 1. The summed E-state index contributed by atoms with van der Waals surface area (Å²) in [4.78, 5) is 15.1. The van der Waals surface area contributed by atoms with Gasteiger partial charge in [0.1, 0.15) is 11.6 Å². The zero-order valence-electron chi connectivity index (χ0n) is 12.7. The third-order valence-corrected chi connectivity index (χ3v) is 4.31. The molecule has 0 aliphatic carbocycles. The first-order chi connectivity index (χ1) is 10.7. The van der Waals surface area contributed by atoms with Crippen molar-refractivity contribution >= 4 is 28.9 Å². The van der Waals surface area contributed by atoms with Crippen molar-refractivity contribution in [1.29, 1.82) is 5.26 Å². The van der Waals surface area contributed by atoms with Crippen molar-refractivity contribution in [3.05, 3.63) is 57.8 Å². The first-order valence-electron chi connectivity index (χ1n) is 7.24. The molecule has 1 heterocycles. The molecule has 2 aromatic rings. The van der Waals surface area contributed by atoms with Crippen LogP contribution in [0.25, 0.3) is 6.08 Å². The van der Waals surface area contributed by atoms with Crippen molar-refractivity contribution < 1.29 is 4.79 Å². The fraction of sp³-hybridized carbons (Fsp3) is 0.222. The highest BCUT2D eigenvalue weighted by molar-refractivity contribution is 7.12. The highest BCUT2D eigenvalue weighted by Crippen LogP contribution is 2.19. The lowest BCUT2D eigenvalue weighted by Gasteiger charge is -2.20. The molecule has 0 amide bonds. The number of hydrogen-bond donors (Lipinski definition) is 0. The molecular formula is C18H18N2OS. The Hall–Kier alpha value is -2.38. The maximum atomic E-state index is 12.2. The largest absolute Gasteiger partial charge is 0.372 e. The topological polar surface area (TPSA) is 44.1 Å². The third kappa shape index (κ3) is 3.63. The summed E-state index contributed by atoms with van der Waals surface area (Å²) in [5.41, 5.74) is 2.17. The zero-order chi connectivity index (χ0) is 15.9. The van der Waals surface area contributed by atoms with E-state index in [-0.39, 0.29) is 11.4 Å². The van der Waals surface area contributed by atoms with Crippen LogP contribution in [0.3, 0.4) is 0 Å². The van der Waals surface area contributed by atoms with Crippen molar-refractivity contribution in [3.63, 3.8) is 0 Å². The maximum Gasteiger partial charge on any atom is 0.213 e. The summed E-state index contributed by atoms with van der Waals surface area (Å²) in [5, 5.41) is 11.1. The van der Waals surface area contributed by atoms with Gasteiger partial charge in [-0.2, -0.15) is 5.26 Å². The molecule has 1 aromatic heterocycles. The molecule has 0 spiro atoms. The van der Waals surface area contributed by atoms with Gasteiger partial charge >= 0.3 is 0 Å². The van der Waals surface area contributed by atoms with Crippen LogP contribution in [0.5, 0.6) is 0 Å². The molecule has 0 saturated heterocycles. The minimum absolute atomic E-state index is 0.165. The van der Waals surface area contributed by atoms with Crippen LogP contribution in [0.1, 0.15) is 29.1 Å². The van der Waals surface area contributed by atoms with Crippen LogP contribution in [0, 0.1) is 11.3 Å². The number of benzene rings is 1. The molecule has 1 aromatic carbocycles. The monoisotopic (exact) mass is 310 g/mol. The van der Waals surface area contributed by atoms with E-state index in [1.54, 1.807) is 12.1 Å². The molecule has 0 saturated carbocycles. The van der Waals surface area contributed by atoms with E-state index in [2.05, 4.69) is 18.7 Å². The van der Waals surface area contributed by atoms with E-state index in [9.17, 15) is 10.1 Å². The quantitative estimate of drug-likeness (QED) is 0.452. The summed E-state index contributed by atoms with van der Waals surface area (Å²) >= 11 is 1.35. The number of nitrogens with zero attached hydrogens (tertiary/aromatic N) is 2. The molecule has 0 atom stereocenters. The number of ketones is 1. The van der Waals surface area contributed by atoms with Crippen molar-refractivity contribution in [2.24, 2.45) is 0 Å². The van der Waals surface area contributed by atoms with Crippen LogP contribution in [0.15, 0.2) is 47.4 Å². The van der Waals surface area contributed by atoms with Crippen molar-refractivity contribution in [2.75, 3.05) is 18.0 Å². The summed E-state index contributed by atoms with van der Waals surface area (Å²) in [5.74, 6) is -0.217. The number of allylic oxidation sites excluding steroid dienone is 1. The second kappa shape index (κ2) is 7.58. The lowest BCUT2D eigenvalue weighted by Crippen LogP contribution is -2.21. The Bertz CT molecular complexity index is 690. The van der Waals surface area contributed by atoms with E-state index in [4.69, 9.17) is 0 Å². The van der Waals surface area contributed by atoms with E-state index >= 15 is 0 Å². The number of anilines is 1. The third-order valence-electron chi connectivity index (χ3n) is 3.44. The number of nitriles is 1. The van der Waals surface area contributed by atoms with Gasteiger partial charge in [-0.15, -0.1) is 11.3 Å². The molecule has 0 N–H and O–H groups in total. The van der Waals surface area contributed by atoms with Gasteiger partial charge in [-0.25, -0.2) is 0 Å². The van der Waals surface area contributed by atoms with Gasteiger partial charge in [0, 0.05) is 18.8 Å². The van der Waals surface area contributed by atoms with Crippen LogP contribution >= 0.6 is 11.3 Å². The van der Waals surface area contributed by atoms with E-state index in [0.29, 0.717) is 4.88 Å². The lowest BCUT2D eigenvalue weighted by atomic mass is 10.1. The first kappa shape index (κ1) is 16.0. The van der Waals surface area contributed by atoms with Crippen LogP contribution < -0.4 is 4.90 Å². The minimum Gasteiger partial charge on any atom is -0.372 e. The Labute approximate surface area is 135 Å². The predicted octanol–water partition coefficient (Wildman–Crippen LogP) is 4.38. The summed E-state index contributed by atoms with van der Waals surface area (Å²) in [6.45, 7) is 6.13. The van der Waals surface area contributed by atoms with Gasteiger partial charge in [0.15, 0.2) is 0 Å². The first-order valence-corrected chi connectivity index (χ1v) is 8.12. The Balaban J connectivity index is 2.24. The number of carbonyl (C=O) groups excluding carboxylic acids is 1. The lowest BCUT2D eigenvalue weighted by molar-refractivity contribution is 0.104. The highest BCUT2D eigenvalue weighted by atomic mass is 32.1. The van der Waals surface area contributed by atoms with Gasteiger partial charge in [0.05, 0.1) is 4.88 Å². The second-order valence-corrected chi connectivity index (χ2v) is 5.69.